The molecule has 1 atom stereocenters. The molecule has 0 bridgehead atoms. The van der Waals surface area contributed by atoms with Gasteiger partial charge in [-0.25, -0.2) is 4.68 Å². The van der Waals surface area contributed by atoms with E-state index in [1.54, 1.807) is 0 Å². The van der Waals surface area contributed by atoms with Crippen LogP contribution in [0, 0.1) is 0 Å². The van der Waals surface area contributed by atoms with Crippen molar-refractivity contribution in [3.05, 3.63) is 53.6 Å². The maximum Gasteiger partial charge on any atom is 0.256 e. The van der Waals surface area contributed by atoms with Crippen LogP contribution in [0.4, 0.5) is 5.69 Å². The largest absolute Gasteiger partial charge is 0.321 e. The van der Waals surface area contributed by atoms with Gasteiger partial charge in [-0.1, -0.05) is 42.4 Å². The highest BCUT2D eigenvalue weighted by molar-refractivity contribution is 6.39. The number of para-hydroxylation sites is 1. The maximum absolute atomic E-state index is 12.9. The molecule has 0 unspecified atom stereocenters. The molecule has 0 radical (unpaired) electrons. The number of benzene rings is 2. The Morgan fingerprint density at radius 2 is 1.92 bits per heavy atom. The molecule has 2 aliphatic rings. The van der Waals surface area contributed by atoms with Crippen molar-refractivity contribution in [1.29, 1.82) is 0 Å². The molecule has 0 saturated carbocycles. The number of amides is 1. The van der Waals surface area contributed by atoms with E-state index in [9.17, 15) is 4.79 Å². The standard InChI is InChI=1S/C18H15BN4O/c1-18(19-2)12-8-5-7-11-14(12)16-15(21-22-23(16)18)10-6-3-4-9-13(10)20-17(11)24/h3-9,19H,1-2H3,(H,20,24)/t18-/m0/s1. The number of carbonyl (C=O) groups is 1. The smallest absolute Gasteiger partial charge is 0.256 e. The monoisotopic (exact) mass is 314 g/mol. The molecule has 0 fully saturated rings. The third-order valence-electron chi connectivity index (χ3n) is 5.38. The Bertz CT molecular complexity index is 1030. The lowest BCUT2D eigenvalue weighted by atomic mass is 9.58. The zero-order valence-corrected chi connectivity index (χ0v) is 13.5. The van der Waals surface area contributed by atoms with Gasteiger partial charge in [0.15, 0.2) is 7.28 Å². The molecule has 3 heterocycles. The van der Waals surface area contributed by atoms with E-state index in [1.165, 1.54) is 0 Å². The van der Waals surface area contributed by atoms with Crippen molar-refractivity contribution < 1.29 is 4.79 Å². The van der Waals surface area contributed by atoms with Crippen LogP contribution < -0.4 is 5.32 Å². The summed E-state index contributed by atoms with van der Waals surface area (Å²) >= 11 is 0. The average molecular weight is 314 g/mol. The second kappa shape index (κ2) is 4.35. The van der Waals surface area contributed by atoms with Gasteiger partial charge in [0, 0.05) is 16.7 Å². The van der Waals surface area contributed by atoms with Crippen LogP contribution in [0.1, 0.15) is 22.8 Å². The van der Waals surface area contributed by atoms with Crippen molar-refractivity contribution in [3.63, 3.8) is 0 Å². The Kier molecular flexibility index (Phi) is 2.45. The van der Waals surface area contributed by atoms with E-state index in [1.807, 2.05) is 41.1 Å². The van der Waals surface area contributed by atoms with E-state index in [-0.39, 0.29) is 11.3 Å². The minimum Gasteiger partial charge on any atom is -0.321 e. The Morgan fingerprint density at radius 1 is 1.12 bits per heavy atom. The first-order valence-corrected chi connectivity index (χ1v) is 8.16. The normalized spacial score (nSPS) is 19.8. The number of hydrogen-bond acceptors (Lipinski definition) is 3. The first-order valence-electron chi connectivity index (χ1n) is 8.16. The molecule has 0 aliphatic carbocycles. The first-order chi connectivity index (χ1) is 11.6. The molecule has 6 heteroatoms. The third-order valence-corrected chi connectivity index (χ3v) is 5.38. The molecule has 1 N–H and O–H groups in total. The molecule has 0 saturated heterocycles. The van der Waals surface area contributed by atoms with Crippen LogP contribution in [0.25, 0.3) is 22.5 Å². The highest BCUT2D eigenvalue weighted by Gasteiger charge is 2.44. The third kappa shape index (κ3) is 1.43. The van der Waals surface area contributed by atoms with Gasteiger partial charge in [0.05, 0.1) is 16.8 Å². The summed E-state index contributed by atoms with van der Waals surface area (Å²) < 4.78 is 1.99. The molecule has 116 valence electrons. The Morgan fingerprint density at radius 3 is 2.75 bits per heavy atom. The predicted molar refractivity (Wildman–Crippen MR) is 94.6 cm³/mol. The molecule has 3 aromatic rings. The van der Waals surface area contributed by atoms with Gasteiger partial charge in [0.25, 0.3) is 5.91 Å². The highest BCUT2D eigenvalue weighted by Crippen LogP contribution is 2.49. The molecular formula is C18H15BN4O. The molecule has 0 spiro atoms. The Hall–Kier alpha value is -2.89. The predicted octanol–water partition coefficient (Wildman–Crippen LogP) is 2.70. The average Bonchev–Trinajstić information content (AvgIpc) is 3.13. The SMILES string of the molecule is CB[C@]1(C)c2cccc3c2-c2c(nnn21)-c1ccccc1NC3=O. The number of anilines is 1. The second-order valence-corrected chi connectivity index (χ2v) is 6.55. The van der Waals surface area contributed by atoms with E-state index in [0.717, 1.165) is 41.0 Å². The molecule has 1 aromatic heterocycles. The van der Waals surface area contributed by atoms with Gasteiger partial charge in [-0.2, -0.15) is 0 Å². The van der Waals surface area contributed by atoms with Crippen LogP contribution >= 0.6 is 0 Å². The Balaban J connectivity index is 1.98. The lowest BCUT2D eigenvalue weighted by Gasteiger charge is -2.24. The van der Waals surface area contributed by atoms with E-state index in [0.29, 0.717) is 5.56 Å². The van der Waals surface area contributed by atoms with Gasteiger partial charge in [-0.3, -0.25) is 4.79 Å². The molecule has 1 amide bonds. The lowest BCUT2D eigenvalue weighted by Crippen LogP contribution is -2.34. The van der Waals surface area contributed by atoms with Crippen LogP contribution in [-0.2, 0) is 5.44 Å². The van der Waals surface area contributed by atoms with Gasteiger partial charge in [0.2, 0.25) is 0 Å². The number of rotatable bonds is 1. The molecule has 2 aromatic carbocycles. The van der Waals surface area contributed by atoms with Crippen molar-refractivity contribution in [2.75, 3.05) is 5.32 Å². The van der Waals surface area contributed by atoms with Crippen molar-refractivity contribution >= 4 is 18.9 Å². The van der Waals surface area contributed by atoms with Gasteiger partial charge in [-0.05, 0) is 24.6 Å². The summed E-state index contributed by atoms with van der Waals surface area (Å²) in [4.78, 5) is 12.9. The summed E-state index contributed by atoms with van der Waals surface area (Å²) in [6, 6.07) is 13.7. The van der Waals surface area contributed by atoms with E-state index < -0.39 is 0 Å². The number of fused-ring (bicyclic) bond motifs is 2. The fourth-order valence-electron chi connectivity index (χ4n) is 3.92. The van der Waals surface area contributed by atoms with Crippen LogP contribution in [0.2, 0.25) is 6.82 Å². The number of nitrogens with zero attached hydrogens (tertiary/aromatic N) is 3. The minimum absolute atomic E-state index is 0.0851. The van der Waals surface area contributed by atoms with Crippen LogP contribution in [0.15, 0.2) is 42.5 Å². The zero-order chi connectivity index (χ0) is 16.5. The number of nitrogens with one attached hydrogen (secondary N) is 1. The van der Waals surface area contributed by atoms with Crippen LogP contribution in [0.3, 0.4) is 0 Å². The highest BCUT2D eigenvalue weighted by atomic mass is 16.1. The zero-order valence-electron chi connectivity index (χ0n) is 13.5. The summed E-state index contributed by atoms with van der Waals surface area (Å²) in [5.41, 5.74) is 5.97. The first kappa shape index (κ1) is 13.5. The summed E-state index contributed by atoms with van der Waals surface area (Å²) in [6.45, 7) is 4.30. The number of hydrogen-bond donors (Lipinski definition) is 1. The topological polar surface area (TPSA) is 59.8 Å². The van der Waals surface area contributed by atoms with Gasteiger partial charge in [-0.15, -0.1) is 5.10 Å². The minimum atomic E-state index is -0.286. The van der Waals surface area contributed by atoms with Crippen molar-refractivity contribution in [3.8, 4) is 22.5 Å². The summed E-state index contributed by atoms with van der Waals surface area (Å²) in [7, 11) is 0.877. The summed E-state index contributed by atoms with van der Waals surface area (Å²) in [6.07, 6.45) is 0. The van der Waals surface area contributed by atoms with E-state index in [2.05, 4.69) is 35.4 Å². The molecule has 5 nitrogen and oxygen atoms in total. The Labute approximate surface area is 139 Å². The van der Waals surface area contributed by atoms with Crippen LogP contribution in [0.5, 0.6) is 0 Å². The fourth-order valence-corrected chi connectivity index (χ4v) is 3.92. The van der Waals surface area contributed by atoms with E-state index >= 15 is 0 Å². The number of carbonyl (C=O) groups excluding carboxylic acids is 1. The van der Waals surface area contributed by atoms with Crippen molar-refractivity contribution in [1.82, 2.24) is 15.0 Å². The summed E-state index contributed by atoms with van der Waals surface area (Å²) in [5.74, 6) is -0.0851. The lowest BCUT2D eigenvalue weighted by molar-refractivity contribution is 0.102. The molecule has 24 heavy (non-hydrogen) atoms. The molecular weight excluding hydrogens is 299 g/mol. The van der Waals surface area contributed by atoms with Crippen molar-refractivity contribution in [2.24, 2.45) is 0 Å². The number of aromatic nitrogens is 3. The summed E-state index contributed by atoms with van der Waals surface area (Å²) in [5, 5.41) is 12.0. The quantitative estimate of drug-likeness (QED) is 0.703. The van der Waals surface area contributed by atoms with Crippen LogP contribution in [-0.4, -0.2) is 28.2 Å². The van der Waals surface area contributed by atoms with Gasteiger partial charge in [0.1, 0.15) is 5.69 Å². The molecule has 2 aliphatic heterocycles. The van der Waals surface area contributed by atoms with Gasteiger partial charge < -0.3 is 5.32 Å². The van der Waals surface area contributed by atoms with Crippen molar-refractivity contribution in [2.45, 2.75) is 19.2 Å². The molecule has 5 rings (SSSR count). The maximum atomic E-state index is 12.9. The fraction of sp³-hybridized carbons (Fsp3) is 0.167. The van der Waals surface area contributed by atoms with Gasteiger partial charge >= 0.3 is 0 Å². The second-order valence-electron chi connectivity index (χ2n) is 6.55. The van der Waals surface area contributed by atoms with E-state index in [4.69, 9.17) is 0 Å².